The number of amides is 1. The molecule has 25 heavy (non-hydrogen) atoms. The fourth-order valence-electron chi connectivity index (χ4n) is 3.16. The molecule has 0 atom stereocenters. The van der Waals surface area contributed by atoms with Crippen molar-refractivity contribution in [3.8, 4) is 11.5 Å². The molecule has 0 radical (unpaired) electrons. The van der Waals surface area contributed by atoms with Crippen LogP contribution in [0.1, 0.15) is 39.5 Å². The zero-order valence-electron chi connectivity index (χ0n) is 15.0. The van der Waals surface area contributed by atoms with Crippen LogP contribution < -0.4 is 5.32 Å². The van der Waals surface area contributed by atoms with Crippen LogP contribution in [0, 0.1) is 5.41 Å². The Labute approximate surface area is 148 Å². The summed E-state index contributed by atoms with van der Waals surface area (Å²) in [6.07, 6.45) is 4.99. The molecular weight excluding hydrogens is 316 g/mol. The van der Waals surface area contributed by atoms with Gasteiger partial charge in [-0.05, 0) is 43.2 Å². The van der Waals surface area contributed by atoms with Crippen LogP contribution in [-0.2, 0) is 4.79 Å². The molecule has 1 aromatic heterocycles. The van der Waals surface area contributed by atoms with Gasteiger partial charge in [0.25, 0.3) is 0 Å². The minimum absolute atomic E-state index is 0.0972. The predicted molar refractivity (Wildman–Crippen MR) is 97.1 cm³/mol. The van der Waals surface area contributed by atoms with Crippen molar-refractivity contribution < 1.29 is 9.21 Å². The molecule has 1 amide bonds. The quantitative estimate of drug-likeness (QED) is 0.919. The smallest absolute Gasteiger partial charge is 0.316 e. The zero-order valence-corrected chi connectivity index (χ0v) is 15.0. The Morgan fingerprint density at radius 3 is 2.44 bits per heavy atom. The monoisotopic (exact) mass is 342 g/mol. The van der Waals surface area contributed by atoms with E-state index < -0.39 is 0 Å². The molecule has 2 aromatic rings. The molecule has 4 rings (SSSR count). The molecule has 1 saturated heterocycles. The van der Waals surface area contributed by atoms with E-state index in [0.717, 1.165) is 31.5 Å². The first-order valence-corrected chi connectivity index (χ1v) is 9.15. The van der Waals surface area contributed by atoms with Crippen molar-refractivity contribution in [1.82, 2.24) is 15.1 Å². The molecule has 0 unspecified atom stereocenters. The van der Waals surface area contributed by atoms with Gasteiger partial charge in [-0.25, -0.2) is 0 Å². The number of piperidine rings is 1. The molecule has 1 aliphatic carbocycles. The summed E-state index contributed by atoms with van der Waals surface area (Å²) in [6.45, 7) is 5.95. The molecule has 0 bridgehead atoms. The Kier molecular flexibility index (Phi) is 5.36. The third-order valence-corrected chi connectivity index (χ3v) is 4.97. The summed E-state index contributed by atoms with van der Waals surface area (Å²) >= 11 is 0. The predicted octanol–water partition coefficient (Wildman–Crippen LogP) is 3.58. The fourth-order valence-corrected chi connectivity index (χ4v) is 3.16. The summed E-state index contributed by atoms with van der Waals surface area (Å²) in [6, 6.07) is 9.86. The minimum atomic E-state index is 0.0972. The highest BCUT2D eigenvalue weighted by Crippen LogP contribution is 2.53. The maximum Gasteiger partial charge on any atom is 0.316 e. The van der Waals surface area contributed by atoms with Crippen LogP contribution in [0.2, 0.25) is 0 Å². The molecule has 6 heteroatoms. The van der Waals surface area contributed by atoms with Gasteiger partial charge in [0.2, 0.25) is 11.8 Å². The number of benzene rings is 1. The van der Waals surface area contributed by atoms with Crippen molar-refractivity contribution in [1.29, 1.82) is 0 Å². The zero-order chi connectivity index (χ0) is 17.7. The molecule has 134 valence electrons. The first kappa shape index (κ1) is 17.5. The normalized spacial score (nSPS) is 17.6. The lowest BCUT2D eigenvalue weighted by Gasteiger charge is -2.32. The summed E-state index contributed by atoms with van der Waals surface area (Å²) in [5.41, 5.74) is 1.45. The SMILES string of the molecule is CC.O=C(CNc1nnc(-c2ccccc2)o1)N1CCC2(CC1)CC2. The first-order valence-electron chi connectivity index (χ1n) is 9.15. The highest BCUT2D eigenvalue weighted by Gasteiger charge is 2.44. The molecule has 2 heterocycles. The van der Waals surface area contributed by atoms with Gasteiger partial charge in [0, 0.05) is 18.7 Å². The Morgan fingerprint density at radius 2 is 1.80 bits per heavy atom. The fraction of sp³-hybridized carbons (Fsp3) is 0.526. The molecule has 1 spiro atoms. The molecule has 6 nitrogen and oxygen atoms in total. The Morgan fingerprint density at radius 1 is 1.12 bits per heavy atom. The molecule has 2 aliphatic rings. The number of nitrogens with one attached hydrogen (secondary N) is 1. The third-order valence-electron chi connectivity index (χ3n) is 4.97. The standard InChI is InChI=1S/C17H20N4O2.C2H6/c22-14(21-10-8-17(6-7-17)9-11-21)12-18-16-20-19-15(23-16)13-4-2-1-3-5-13;1-2/h1-5H,6-12H2,(H,18,20);1-2H3. The van der Waals surface area contributed by atoms with Crippen molar-refractivity contribution in [2.75, 3.05) is 25.0 Å². The maximum absolute atomic E-state index is 12.3. The largest absolute Gasteiger partial charge is 0.403 e. The second-order valence-electron chi connectivity index (χ2n) is 6.51. The van der Waals surface area contributed by atoms with E-state index >= 15 is 0 Å². The van der Waals surface area contributed by atoms with Crippen LogP contribution in [0.3, 0.4) is 0 Å². The molecule has 1 N–H and O–H groups in total. The van der Waals surface area contributed by atoms with E-state index in [1.165, 1.54) is 12.8 Å². The van der Waals surface area contributed by atoms with E-state index in [1.54, 1.807) is 0 Å². The number of anilines is 1. The van der Waals surface area contributed by atoms with E-state index in [4.69, 9.17) is 4.42 Å². The average Bonchev–Trinajstić information content (AvgIpc) is 3.26. The third kappa shape index (κ3) is 4.18. The number of aromatic nitrogens is 2. The van der Waals surface area contributed by atoms with Crippen molar-refractivity contribution in [2.24, 2.45) is 5.41 Å². The minimum Gasteiger partial charge on any atom is -0.403 e. The van der Waals surface area contributed by atoms with Crippen LogP contribution in [0.25, 0.3) is 11.5 Å². The maximum atomic E-state index is 12.3. The van der Waals surface area contributed by atoms with Gasteiger partial charge in [0.1, 0.15) is 0 Å². The summed E-state index contributed by atoms with van der Waals surface area (Å²) in [4.78, 5) is 14.2. The van der Waals surface area contributed by atoms with Gasteiger partial charge in [-0.1, -0.05) is 37.1 Å². The second kappa shape index (κ2) is 7.68. The van der Waals surface area contributed by atoms with Gasteiger partial charge in [0.15, 0.2) is 0 Å². The van der Waals surface area contributed by atoms with Crippen LogP contribution >= 0.6 is 0 Å². The van der Waals surface area contributed by atoms with Crippen LogP contribution in [0.4, 0.5) is 6.01 Å². The molecule has 1 aliphatic heterocycles. The Balaban J connectivity index is 0.000000880. The molecular formula is C19H26N4O2. The Hall–Kier alpha value is -2.37. The van der Waals surface area contributed by atoms with E-state index in [-0.39, 0.29) is 18.5 Å². The van der Waals surface area contributed by atoms with Crippen LogP contribution in [-0.4, -0.2) is 40.6 Å². The lowest BCUT2D eigenvalue weighted by molar-refractivity contribution is -0.130. The van der Waals surface area contributed by atoms with Gasteiger partial charge in [-0.15, -0.1) is 5.10 Å². The number of hydrogen-bond acceptors (Lipinski definition) is 5. The molecule has 1 saturated carbocycles. The van der Waals surface area contributed by atoms with Crippen molar-refractivity contribution in [2.45, 2.75) is 39.5 Å². The number of nitrogens with zero attached hydrogens (tertiary/aromatic N) is 3. The first-order chi connectivity index (χ1) is 12.2. The topological polar surface area (TPSA) is 71.3 Å². The highest BCUT2D eigenvalue weighted by atomic mass is 16.4. The van der Waals surface area contributed by atoms with Gasteiger partial charge in [-0.2, -0.15) is 0 Å². The number of carbonyl (C=O) groups is 1. The number of hydrogen-bond donors (Lipinski definition) is 1. The Bertz CT molecular complexity index is 684. The van der Waals surface area contributed by atoms with Crippen LogP contribution in [0.15, 0.2) is 34.7 Å². The van der Waals surface area contributed by atoms with Crippen molar-refractivity contribution in [3.05, 3.63) is 30.3 Å². The van der Waals surface area contributed by atoms with E-state index in [1.807, 2.05) is 49.1 Å². The van der Waals surface area contributed by atoms with Gasteiger partial charge in [-0.3, -0.25) is 4.79 Å². The van der Waals surface area contributed by atoms with E-state index in [0.29, 0.717) is 11.3 Å². The van der Waals surface area contributed by atoms with Gasteiger partial charge in [0.05, 0.1) is 6.54 Å². The number of likely N-dealkylation sites (tertiary alicyclic amines) is 1. The lowest BCUT2D eigenvalue weighted by atomic mass is 9.94. The number of rotatable bonds is 4. The number of carbonyl (C=O) groups excluding carboxylic acids is 1. The summed E-state index contributed by atoms with van der Waals surface area (Å²) in [7, 11) is 0. The summed E-state index contributed by atoms with van der Waals surface area (Å²) in [5.74, 6) is 0.550. The van der Waals surface area contributed by atoms with E-state index in [9.17, 15) is 4.79 Å². The second-order valence-corrected chi connectivity index (χ2v) is 6.51. The summed E-state index contributed by atoms with van der Waals surface area (Å²) < 4.78 is 5.55. The molecule has 1 aromatic carbocycles. The lowest BCUT2D eigenvalue weighted by Crippen LogP contribution is -2.41. The highest BCUT2D eigenvalue weighted by molar-refractivity contribution is 5.80. The van der Waals surface area contributed by atoms with Gasteiger partial charge < -0.3 is 14.6 Å². The van der Waals surface area contributed by atoms with Gasteiger partial charge >= 0.3 is 6.01 Å². The summed E-state index contributed by atoms with van der Waals surface area (Å²) in [5, 5.41) is 10.9. The van der Waals surface area contributed by atoms with Crippen molar-refractivity contribution in [3.63, 3.8) is 0 Å². The van der Waals surface area contributed by atoms with Crippen molar-refractivity contribution >= 4 is 11.9 Å². The molecule has 2 fully saturated rings. The average molecular weight is 342 g/mol. The van der Waals surface area contributed by atoms with Crippen LogP contribution in [0.5, 0.6) is 0 Å². The van der Waals surface area contributed by atoms with E-state index in [2.05, 4.69) is 15.5 Å².